The number of hydrogen-bond acceptors (Lipinski definition) is 7. The molecule has 1 N–H and O–H groups in total. The van der Waals surface area contributed by atoms with Gasteiger partial charge in [0.05, 0.1) is 7.11 Å². The summed E-state index contributed by atoms with van der Waals surface area (Å²) in [6, 6.07) is 21.0. The Morgan fingerprint density at radius 3 is 2.15 bits per heavy atom. The molecular formula is C25H21N3O5. The van der Waals surface area contributed by atoms with Crippen LogP contribution in [0.15, 0.2) is 77.3 Å². The van der Waals surface area contributed by atoms with Gasteiger partial charge in [-0.2, -0.15) is 4.98 Å². The second kappa shape index (κ2) is 9.78. The van der Waals surface area contributed by atoms with Gasteiger partial charge >= 0.3 is 0 Å². The monoisotopic (exact) mass is 443 g/mol. The number of ether oxygens (including phenoxy) is 2. The number of nitrogens with zero attached hydrogens (tertiary/aromatic N) is 2. The summed E-state index contributed by atoms with van der Waals surface area (Å²) >= 11 is 0. The van der Waals surface area contributed by atoms with Gasteiger partial charge in [-0.15, -0.1) is 0 Å². The average Bonchev–Trinajstić information content (AvgIpc) is 3.34. The molecule has 0 unspecified atom stereocenters. The third kappa shape index (κ3) is 5.43. The lowest BCUT2D eigenvalue weighted by atomic mass is 10.1. The smallest absolute Gasteiger partial charge is 0.262 e. The van der Waals surface area contributed by atoms with Gasteiger partial charge in [0.2, 0.25) is 5.82 Å². The number of carbonyl (C=O) groups excluding carboxylic acids is 2. The topological polar surface area (TPSA) is 104 Å². The normalized spacial score (nSPS) is 10.5. The molecule has 1 amide bonds. The number of benzene rings is 3. The maximum atomic E-state index is 12.1. The van der Waals surface area contributed by atoms with Crippen molar-refractivity contribution in [3.05, 3.63) is 78.4 Å². The number of Topliss-reactive ketones (excluding diaryl/α,β-unsaturated/α-hetero) is 1. The number of hydrogen-bond donors (Lipinski definition) is 1. The molecule has 8 heteroatoms. The van der Waals surface area contributed by atoms with Crippen LogP contribution in [0.25, 0.3) is 22.8 Å². The van der Waals surface area contributed by atoms with Crippen LogP contribution in [-0.2, 0) is 4.79 Å². The van der Waals surface area contributed by atoms with E-state index in [9.17, 15) is 9.59 Å². The Hall–Kier alpha value is -4.46. The lowest BCUT2D eigenvalue weighted by molar-refractivity contribution is -0.118. The Morgan fingerprint density at radius 2 is 1.52 bits per heavy atom. The molecule has 0 aliphatic rings. The molecule has 0 fully saturated rings. The zero-order chi connectivity index (χ0) is 23.2. The molecule has 8 nitrogen and oxygen atoms in total. The van der Waals surface area contributed by atoms with Crippen LogP contribution >= 0.6 is 0 Å². The van der Waals surface area contributed by atoms with E-state index in [1.165, 1.54) is 6.92 Å². The Bertz CT molecular complexity index is 1250. The van der Waals surface area contributed by atoms with Gasteiger partial charge in [-0.1, -0.05) is 5.16 Å². The van der Waals surface area contributed by atoms with Crippen LogP contribution in [0.1, 0.15) is 17.3 Å². The zero-order valence-electron chi connectivity index (χ0n) is 18.1. The highest BCUT2D eigenvalue weighted by Gasteiger charge is 2.11. The summed E-state index contributed by atoms with van der Waals surface area (Å²) < 4.78 is 16.1. The van der Waals surface area contributed by atoms with E-state index >= 15 is 0 Å². The highest BCUT2D eigenvalue weighted by Crippen LogP contribution is 2.25. The fraction of sp³-hybridized carbons (Fsp3) is 0.120. The molecule has 0 saturated carbocycles. The largest absolute Gasteiger partial charge is 0.497 e. The summed E-state index contributed by atoms with van der Waals surface area (Å²) in [5.74, 6) is 1.78. The molecule has 0 bridgehead atoms. The van der Waals surface area contributed by atoms with Crippen LogP contribution in [0.4, 0.5) is 5.69 Å². The van der Waals surface area contributed by atoms with Crippen LogP contribution in [0.3, 0.4) is 0 Å². The standard InChI is InChI=1S/C25H21N3O5/c1-16(29)17-3-9-20(10-4-17)26-23(30)15-32-22-13-7-19(8-14-22)25-27-24(28-33-25)18-5-11-21(31-2)12-6-18/h3-14H,15H2,1-2H3,(H,26,30). The number of anilines is 1. The van der Waals surface area contributed by atoms with E-state index in [1.807, 2.05) is 24.3 Å². The van der Waals surface area contributed by atoms with Crippen LogP contribution in [0.5, 0.6) is 11.5 Å². The van der Waals surface area contributed by atoms with E-state index < -0.39 is 0 Å². The van der Waals surface area contributed by atoms with Crippen molar-refractivity contribution in [1.29, 1.82) is 0 Å². The average molecular weight is 443 g/mol. The van der Waals surface area contributed by atoms with Crippen molar-refractivity contribution in [2.45, 2.75) is 6.92 Å². The minimum absolute atomic E-state index is 0.0304. The summed E-state index contributed by atoms with van der Waals surface area (Å²) in [7, 11) is 1.61. The van der Waals surface area contributed by atoms with Crippen LogP contribution in [0.2, 0.25) is 0 Å². The third-order valence-corrected chi connectivity index (χ3v) is 4.82. The fourth-order valence-corrected chi connectivity index (χ4v) is 3.03. The van der Waals surface area contributed by atoms with Crippen LogP contribution in [-0.4, -0.2) is 35.5 Å². The van der Waals surface area contributed by atoms with E-state index in [1.54, 1.807) is 55.6 Å². The number of rotatable bonds is 8. The first kappa shape index (κ1) is 21.8. The number of carbonyl (C=O) groups is 2. The molecule has 4 aromatic rings. The van der Waals surface area contributed by atoms with Crippen molar-refractivity contribution < 1.29 is 23.6 Å². The van der Waals surface area contributed by atoms with Gasteiger partial charge < -0.3 is 19.3 Å². The molecule has 0 spiro atoms. The maximum absolute atomic E-state index is 12.1. The SMILES string of the molecule is COc1ccc(-c2noc(-c3ccc(OCC(=O)Nc4ccc(C(C)=O)cc4)cc3)n2)cc1. The number of amides is 1. The molecule has 166 valence electrons. The van der Waals surface area contributed by atoms with Gasteiger partial charge in [0.25, 0.3) is 11.8 Å². The lowest BCUT2D eigenvalue weighted by Crippen LogP contribution is -2.20. The predicted octanol–water partition coefficient (Wildman–Crippen LogP) is 4.63. The molecule has 0 aliphatic heterocycles. The number of nitrogens with one attached hydrogen (secondary N) is 1. The first-order chi connectivity index (χ1) is 16.0. The van der Waals surface area contributed by atoms with Gasteiger partial charge in [-0.25, -0.2) is 0 Å². The number of methoxy groups -OCH3 is 1. The molecule has 1 aromatic heterocycles. The highest BCUT2D eigenvalue weighted by molar-refractivity contribution is 5.96. The molecule has 0 saturated heterocycles. The van der Waals surface area contributed by atoms with Gasteiger partial charge in [0.1, 0.15) is 11.5 Å². The molecule has 3 aromatic carbocycles. The van der Waals surface area contributed by atoms with Gasteiger partial charge in [0.15, 0.2) is 12.4 Å². The lowest BCUT2D eigenvalue weighted by Gasteiger charge is -2.08. The van der Waals surface area contributed by atoms with E-state index in [4.69, 9.17) is 14.0 Å². The molecule has 0 atom stereocenters. The zero-order valence-corrected chi connectivity index (χ0v) is 18.1. The van der Waals surface area contributed by atoms with Crippen LogP contribution in [0, 0.1) is 0 Å². The van der Waals surface area contributed by atoms with E-state index in [0.29, 0.717) is 28.7 Å². The molecule has 1 heterocycles. The highest BCUT2D eigenvalue weighted by atomic mass is 16.5. The Kier molecular flexibility index (Phi) is 6.45. The van der Waals surface area contributed by atoms with Crippen molar-refractivity contribution in [2.24, 2.45) is 0 Å². The minimum atomic E-state index is -0.310. The molecule has 33 heavy (non-hydrogen) atoms. The van der Waals surface area contributed by atoms with Gasteiger partial charge in [-0.05, 0) is 79.7 Å². The Labute approximate surface area is 190 Å². The third-order valence-electron chi connectivity index (χ3n) is 4.82. The predicted molar refractivity (Wildman–Crippen MR) is 122 cm³/mol. The minimum Gasteiger partial charge on any atom is -0.497 e. The van der Waals surface area contributed by atoms with E-state index in [-0.39, 0.29) is 18.3 Å². The Balaban J connectivity index is 1.33. The number of aromatic nitrogens is 2. The van der Waals surface area contributed by atoms with Crippen LogP contribution < -0.4 is 14.8 Å². The second-order valence-electron chi connectivity index (χ2n) is 7.15. The summed E-state index contributed by atoms with van der Waals surface area (Å²) in [4.78, 5) is 27.9. The van der Waals surface area contributed by atoms with Gasteiger partial charge in [-0.3, -0.25) is 9.59 Å². The van der Waals surface area contributed by atoms with Crippen molar-refractivity contribution in [2.75, 3.05) is 19.0 Å². The van der Waals surface area contributed by atoms with Crippen molar-refractivity contribution in [3.8, 4) is 34.3 Å². The Morgan fingerprint density at radius 1 is 0.879 bits per heavy atom. The number of ketones is 1. The molecular weight excluding hydrogens is 422 g/mol. The first-order valence-electron chi connectivity index (χ1n) is 10.1. The van der Waals surface area contributed by atoms with Crippen molar-refractivity contribution in [1.82, 2.24) is 10.1 Å². The molecule has 0 radical (unpaired) electrons. The van der Waals surface area contributed by atoms with Gasteiger partial charge in [0, 0.05) is 22.4 Å². The van der Waals surface area contributed by atoms with Crippen molar-refractivity contribution >= 4 is 17.4 Å². The van der Waals surface area contributed by atoms with Crippen molar-refractivity contribution in [3.63, 3.8) is 0 Å². The molecule has 0 aliphatic carbocycles. The second-order valence-corrected chi connectivity index (χ2v) is 7.15. The summed E-state index contributed by atoms with van der Waals surface area (Å²) in [6.45, 7) is 1.33. The first-order valence-corrected chi connectivity index (χ1v) is 10.1. The maximum Gasteiger partial charge on any atom is 0.262 e. The molecule has 4 rings (SSSR count). The summed E-state index contributed by atoms with van der Waals surface area (Å²) in [5.41, 5.74) is 2.71. The van der Waals surface area contributed by atoms with E-state index in [0.717, 1.165) is 16.9 Å². The summed E-state index contributed by atoms with van der Waals surface area (Å²) in [5, 5.41) is 6.75. The quantitative estimate of drug-likeness (QED) is 0.396. The van der Waals surface area contributed by atoms with E-state index in [2.05, 4.69) is 15.5 Å². The fourth-order valence-electron chi connectivity index (χ4n) is 3.03. The summed E-state index contributed by atoms with van der Waals surface area (Å²) in [6.07, 6.45) is 0.